The number of nitrogens with one attached hydrogen (secondary N) is 1. The molecular weight excluding hydrogens is 418 g/mol. The molecule has 2 heterocycles. The summed E-state index contributed by atoms with van der Waals surface area (Å²) >= 11 is 7.46. The summed E-state index contributed by atoms with van der Waals surface area (Å²) in [6, 6.07) is 15.1. The highest BCUT2D eigenvalue weighted by molar-refractivity contribution is 7.17. The number of thiophene rings is 1. The van der Waals surface area contributed by atoms with Gasteiger partial charge >= 0.3 is 0 Å². The first-order valence-electron chi connectivity index (χ1n) is 9.51. The van der Waals surface area contributed by atoms with Crippen LogP contribution in [0.4, 0.5) is 0 Å². The van der Waals surface area contributed by atoms with Crippen LogP contribution in [0.3, 0.4) is 0 Å². The van der Waals surface area contributed by atoms with Crippen molar-refractivity contribution >= 4 is 39.1 Å². The van der Waals surface area contributed by atoms with Crippen LogP contribution in [0.25, 0.3) is 21.3 Å². The van der Waals surface area contributed by atoms with E-state index in [-0.39, 0.29) is 24.1 Å². The van der Waals surface area contributed by atoms with E-state index in [1.165, 1.54) is 22.2 Å². The number of carbonyl (C=O) groups is 1. The van der Waals surface area contributed by atoms with Crippen molar-refractivity contribution in [1.29, 1.82) is 0 Å². The number of rotatable bonds is 5. The molecule has 0 aliphatic carbocycles. The molecule has 0 radical (unpaired) electrons. The average molecular weight is 438 g/mol. The third-order valence-corrected chi connectivity index (χ3v) is 6.08. The summed E-state index contributed by atoms with van der Waals surface area (Å²) < 4.78 is 1.35. The molecule has 1 atom stereocenters. The maximum absolute atomic E-state index is 13.1. The summed E-state index contributed by atoms with van der Waals surface area (Å²) in [6.45, 7) is 3.80. The van der Waals surface area contributed by atoms with Crippen molar-refractivity contribution in [2.24, 2.45) is 0 Å². The number of amides is 1. The third-order valence-electron chi connectivity index (χ3n) is 4.96. The molecule has 5 nitrogen and oxygen atoms in total. The molecule has 30 heavy (non-hydrogen) atoms. The largest absolute Gasteiger partial charge is 0.348 e. The second-order valence-electron chi connectivity index (χ2n) is 7.22. The number of aryl methyl sites for hydroxylation is 1. The first kappa shape index (κ1) is 20.3. The lowest BCUT2D eigenvalue weighted by Crippen LogP contribution is -2.33. The molecule has 0 unspecified atom stereocenters. The first-order chi connectivity index (χ1) is 14.4. The average Bonchev–Trinajstić information content (AvgIpc) is 3.15. The quantitative estimate of drug-likeness (QED) is 0.479. The number of halogens is 1. The van der Waals surface area contributed by atoms with Gasteiger partial charge in [0.1, 0.15) is 11.4 Å². The fourth-order valence-corrected chi connectivity index (χ4v) is 4.43. The summed E-state index contributed by atoms with van der Waals surface area (Å²) in [5, 5.41) is 6.01. The van der Waals surface area contributed by atoms with E-state index in [2.05, 4.69) is 10.3 Å². The Balaban J connectivity index is 1.59. The second-order valence-corrected chi connectivity index (χ2v) is 8.51. The second kappa shape index (κ2) is 8.42. The predicted molar refractivity (Wildman–Crippen MR) is 122 cm³/mol. The van der Waals surface area contributed by atoms with Crippen LogP contribution < -0.4 is 10.9 Å². The zero-order valence-electron chi connectivity index (χ0n) is 16.6. The smallest absolute Gasteiger partial charge is 0.263 e. The molecule has 0 fully saturated rings. The van der Waals surface area contributed by atoms with Gasteiger partial charge < -0.3 is 5.32 Å². The number of nitrogens with zero attached hydrogens (tertiary/aromatic N) is 2. The number of benzene rings is 2. The van der Waals surface area contributed by atoms with Gasteiger partial charge in [-0.05, 0) is 37.1 Å². The van der Waals surface area contributed by atoms with Crippen LogP contribution in [0, 0.1) is 6.92 Å². The van der Waals surface area contributed by atoms with Crippen LogP contribution in [0.15, 0.2) is 65.0 Å². The van der Waals surface area contributed by atoms with E-state index in [0.29, 0.717) is 15.2 Å². The van der Waals surface area contributed by atoms with Crippen molar-refractivity contribution in [2.75, 3.05) is 0 Å². The van der Waals surface area contributed by atoms with Gasteiger partial charge in [0.25, 0.3) is 5.56 Å². The molecule has 0 saturated heterocycles. The van der Waals surface area contributed by atoms with Gasteiger partial charge in [0, 0.05) is 16.0 Å². The zero-order valence-corrected chi connectivity index (χ0v) is 18.1. The van der Waals surface area contributed by atoms with E-state index in [4.69, 9.17) is 11.6 Å². The Kier molecular flexibility index (Phi) is 5.70. The Morgan fingerprint density at radius 3 is 2.73 bits per heavy atom. The van der Waals surface area contributed by atoms with Gasteiger partial charge in [-0.1, -0.05) is 53.6 Å². The Labute approximate surface area is 183 Å². The van der Waals surface area contributed by atoms with Gasteiger partial charge in [0.05, 0.1) is 17.8 Å². The highest BCUT2D eigenvalue weighted by atomic mass is 35.5. The van der Waals surface area contributed by atoms with Gasteiger partial charge in [0.15, 0.2) is 0 Å². The minimum Gasteiger partial charge on any atom is -0.348 e. The highest BCUT2D eigenvalue weighted by Crippen LogP contribution is 2.30. The SMILES string of the molecule is Cc1ccc(-c2csc3ncn(CC(=O)N[C@@H](C)c4cccc(Cl)c4)c(=O)c23)cc1. The molecule has 4 aromatic rings. The number of hydrogen-bond donors (Lipinski definition) is 1. The van der Waals surface area contributed by atoms with E-state index in [1.807, 2.05) is 61.7 Å². The maximum atomic E-state index is 13.1. The summed E-state index contributed by atoms with van der Waals surface area (Å²) in [7, 11) is 0. The monoisotopic (exact) mass is 437 g/mol. The van der Waals surface area contributed by atoms with Gasteiger partial charge in [-0.3, -0.25) is 14.2 Å². The first-order valence-corrected chi connectivity index (χ1v) is 10.8. The van der Waals surface area contributed by atoms with E-state index in [9.17, 15) is 9.59 Å². The molecule has 152 valence electrons. The fraction of sp³-hybridized carbons (Fsp3) is 0.174. The molecule has 1 N–H and O–H groups in total. The predicted octanol–water partition coefficient (Wildman–Crippen LogP) is 4.96. The van der Waals surface area contributed by atoms with Gasteiger partial charge in [-0.15, -0.1) is 11.3 Å². The molecule has 4 rings (SSSR count). The van der Waals surface area contributed by atoms with Crippen molar-refractivity contribution in [2.45, 2.75) is 26.4 Å². The van der Waals surface area contributed by atoms with Crippen molar-refractivity contribution in [1.82, 2.24) is 14.9 Å². The Morgan fingerprint density at radius 1 is 1.23 bits per heavy atom. The lowest BCUT2D eigenvalue weighted by atomic mass is 10.1. The molecule has 2 aromatic carbocycles. The molecule has 1 amide bonds. The minimum absolute atomic E-state index is 0.101. The summed E-state index contributed by atoms with van der Waals surface area (Å²) in [5.41, 5.74) is 3.63. The van der Waals surface area contributed by atoms with Crippen molar-refractivity contribution in [3.63, 3.8) is 0 Å². The van der Waals surface area contributed by atoms with Crippen LogP contribution in [-0.4, -0.2) is 15.5 Å². The van der Waals surface area contributed by atoms with Crippen LogP contribution in [0.2, 0.25) is 5.02 Å². The Hall–Kier alpha value is -2.96. The maximum Gasteiger partial charge on any atom is 0.263 e. The number of aromatic nitrogens is 2. The van der Waals surface area contributed by atoms with Gasteiger partial charge in [0.2, 0.25) is 5.91 Å². The molecule has 7 heteroatoms. The summed E-state index contributed by atoms with van der Waals surface area (Å²) in [4.78, 5) is 30.7. The van der Waals surface area contributed by atoms with Crippen molar-refractivity contribution in [3.05, 3.63) is 86.7 Å². The Bertz CT molecular complexity index is 1280. The number of carbonyl (C=O) groups excluding carboxylic acids is 1. The minimum atomic E-state index is -0.266. The van der Waals surface area contributed by atoms with Crippen LogP contribution in [-0.2, 0) is 11.3 Å². The molecule has 0 saturated carbocycles. The lowest BCUT2D eigenvalue weighted by Gasteiger charge is -2.15. The number of hydrogen-bond acceptors (Lipinski definition) is 4. The lowest BCUT2D eigenvalue weighted by molar-refractivity contribution is -0.122. The van der Waals surface area contributed by atoms with E-state index < -0.39 is 0 Å². The standard InChI is InChI=1S/C23H20ClN3O2S/c1-14-6-8-16(9-7-14)19-12-30-22-21(19)23(29)27(13-25-22)11-20(28)26-15(2)17-4-3-5-18(24)10-17/h3-10,12-13,15H,11H2,1-2H3,(H,26,28)/t15-/m0/s1. The van der Waals surface area contributed by atoms with E-state index >= 15 is 0 Å². The van der Waals surface area contributed by atoms with Crippen molar-refractivity contribution < 1.29 is 4.79 Å². The van der Waals surface area contributed by atoms with E-state index in [1.54, 1.807) is 6.07 Å². The highest BCUT2D eigenvalue weighted by Gasteiger charge is 2.16. The normalized spacial score (nSPS) is 12.1. The molecule has 2 aromatic heterocycles. The molecule has 0 aliphatic heterocycles. The zero-order chi connectivity index (χ0) is 21.3. The molecule has 0 aliphatic rings. The number of fused-ring (bicyclic) bond motifs is 1. The van der Waals surface area contributed by atoms with Gasteiger partial charge in [-0.2, -0.15) is 0 Å². The topological polar surface area (TPSA) is 64.0 Å². The van der Waals surface area contributed by atoms with Crippen molar-refractivity contribution in [3.8, 4) is 11.1 Å². The van der Waals surface area contributed by atoms with Gasteiger partial charge in [-0.25, -0.2) is 4.98 Å². The summed E-state index contributed by atoms with van der Waals surface area (Å²) in [6.07, 6.45) is 1.43. The molecular formula is C23H20ClN3O2S. The van der Waals surface area contributed by atoms with Crippen LogP contribution >= 0.6 is 22.9 Å². The van der Waals surface area contributed by atoms with Crippen LogP contribution in [0.1, 0.15) is 24.1 Å². The fourth-order valence-electron chi connectivity index (χ4n) is 3.33. The van der Waals surface area contributed by atoms with E-state index in [0.717, 1.165) is 22.3 Å². The van der Waals surface area contributed by atoms with Crippen LogP contribution in [0.5, 0.6) is 0 Å². The Morgan fingerprint density at radius 2 is 2.00 bits per heavy atom. The molecule has 0 bridgehead atoms. The third kappa shape index (κ3) is 4.15. The molecule has 0 spiro atoms. The summed E-state index contributed by atoms with van der Waals surface area (Å²) in [5.74, 6) is -0.266.